The molecular formula is C13H17BrN2O3S. The Morgan fingerprint density at radius 2 is 1.95 bits per heavy atom. The van der Waals surface area contributed by atoms with Crippen molar-refractivity contribution in [1.29, 1.82) is 0 Å². The van der Waals surface area contributed by atoms with Crippen LogP contribution in [-0.4, -0.2) is 46.0 Å². The van der Waals surface area contributed by atoms with E-state index in [2.05, 4.69) is 21.2 Å². The lowest BCUT2D eigenvalue weighted by atomic mass is 10.0. The summed E-state index contributed by atoms with van der Waals surface area (Å²) < 4.78 is 32.7. The summed E-state index contributed by atoms with van der Waals surface area (Å²) in [7, 11) is -1.85. The van der Waals surface area contributed by atoms with E-state index >= 15 is 0 Å². The summed E-state index contributed by atoms with van der Waals surface area (Å²) in [4.78, 5) is 0.318. The normalized spacial score (nSPS) is 26.7. The van der Waals surface area contributed by atoms with Crippen molar-refractivity contribution < 1.29 is 13.2 Å². The van der Waals surface area contributed by atoms with Gasteiger partial charge in [0.15, 0.2) is 0 Å². The number of hydrogen-bond acceptors (Lipinski definition) is 4. The van der Waals surface area contributed by atoms with Crippen LogP contribution in [0.4, 0.5) is 0 Å². The molecule has 1 aromatic carbocycles. The van der Waals surface area contributed by atoms with Gasteiger partial charge in [0.1, 0.15) is 5.75 Å². The Morgan fingerprint density at radius 1 is 1.30 bits per heavy atom. The van der Waals surface area contributed by atoms with Crippen molar-refractivity contribution in [1.82, 2.24) is 9.62 Å². The number of benzene rings is 1. The van der Waals surface area contributed by atoms with Crippen LogP contribution in [0.2, 0.25) is 0 Å². The van der Waals surface area contributed by atoms with Crippen LogP contribution in [0.1, 0.15) is 0 Å². The van der Waals surface area contributed by atoms with E-state index in [1.54, 1.807) is 29.6 Å². The molecule has 0 saturated carbocycles. The summed E-state index contributed by atoms with van der Waals surface area (Å²) in [6, 6.07) is 4.89. The van der Waals surface area contributed by atoms with Crippen molar-refractivity contribution in [2.45, 2.75) is 4.90 Å². The second-order valence-corrected chi connectivity index (χ2v) is 8.09. The monoisotopic (exact) mass is 360 g/mol. The Kier molecular flexibility index (Phi) is 3.79. The number of ether oxygens (including phenoxy) is 1. The van der Waals surface area contributed by atoms with E-state index in [1.165, 1.54) is 0 Å². The molecule has 2 unspecified atom stereocenters. The van der Waals surface area contributed by atoms with Crippen molar-refractivity contribution >= 4 is 26.0 Å². The largest absolute Gasteiger partial charge is 0.496 e. The summed E-state index contributed by atoms with van der Waals surface area (Å²) in [5, 5.41) is 3.31. The number of hydrogen-bond donors (Lipinski definition) is 1. The van der Waals surface area contributed by atoms with E-state index in [0.29, 0.717) is 40.0 Å². The lowest BCUT2D eigenvalue weighted by Gasteiger charge is -2.18. The van der Waals surface area contributed by atoms with Crippen LogP contribution in [-0.2, 0) is 10.0 Å². The van der Waals surface area contributed by atoms with Gasteiger partial charge < -0.3 is 10.1 Å². The van der Waals surface area contributed by atoms with Gasteiger partial charge in [-0.25, -0.2) is 8.42 Å². The molecule has 5 nitrogen and oxygen atoms in total. The fourth-order valence-corrected chi connectivity index (χ4v) is 5.24. The van der Waals surface area contributed by atoms with Gasteiger partial charge in [-0.05, 0) is 59.1 Å². The third-order valence-electron chi connectivity index (χ3n) is 4.12. The Morgan fingerprint density at radius 3 is 2.50 bits per heavy atom. The van der Waals surface area contributed by atoms with E-state index in [4.69, 9.17) is 4.74 Å². The highest BCUT2D eigenvalue weighted by atomic mass is 79.9. The average Bonchev–Trinajstić information content (AvgIpc) is 2.99. The highest BCUT2D eigenvalue weighted by Gasteiger charge is 2.41. The maximum absolute atomic E-state index is 12.7. The van der Waals surface area contributed by atoms with Crippen molar-refractivity contribution in [3.8, 4) is 5.75 Å². The van der Waals surface area contributed by atoms with Crippen LogP contribution in [0.15, 0.2) is 27.6 Å². The molecular weight excluding hydrogens is 344 g/mol. The third-order valence-corrected chi connectivity index (χ3v) is 6.56. The molecule has 7 heteroatoms. The van der Waals surface area contributed by atoms with Crippen LogP contribution in [0.25, 0.3) is 0 Å². The fraction of sp³-hybridized carbons (Fsp3) is 0.538. The van der Waals surface area contributed by atoms with Gasteiger partial charge >= 0.3 is 0 Å². The number of methoxy groups -OCH3 is 1. The Balaban J connectivity index is 1.87. The van der Waals surface area contributed by atoms with Gasteiger partial charge in [-0.2, -0.15) is 4.31 Å². The molecule has 0 aliphatic carbocycles. The highest BCUT2D eigenvalue weighted by molar-refractivity contribution is 9.10. The first kappa shape index (κ1) is 14.3. The summed E-state index contributed by atoms with van der Waals surface area (Å²) in [6.45, 7) is 3.07. The zero-order valence-corrected chi connectivity index (χ0v) is 13.6. The predicted octanol–water partition coefficient (Wildman–Crippen LogP) is 1.30. The Labute approximate surface area is 127 Å². The van der Waals surface area contributed by atoms with E-state index in [1.807, 2.05) is 0 Å². The lowest BCUT2D eigenvalue weighted by Crippen LogP contribution is -2.31. The van der Waals surface area contributed by atoms with Crippen molar-refractivity contribution in [2.24, 2.45) is 11.8 Å². The molecule has 1 N–H and O–H groups in total. The zero-order chi connectivity index (χ0) is 14.3. The summed E-state index contributed by atoms with van der Waals surface area (Å²) in [5.74, 6) is 1.53. The third kappa shape index (κ3) is 2.36. The molecule has 0 amide bonds. The van der Waals surface area contributed by atoms with E-state index in [9.17, 15) is 8.42 Å². The molecule has 2 aliphatic heterocycles. The highest BCUT2D eigenvalue weighted by Crippen LogP contribution is 2.33. The molecule has 0 aromatic heterocycles. The van der Waals surface area contributed by atoms with Gasteiger partial charge in [-0.15, -0.1) is 0 Å². The minimum absolute atomic E-state index is 0.318. The number of rotatable bonds is 3. The number of sulfonamides is 1. The van der Waals surface area contributed by atoms with Gasteiger partial charge in [-0.1, -0.05) is 0 Å². The summed E-state index contributed by atoms with van der Waals surface area (Å²) >= 11 is 3.34. The van der Waals surface area contributed by atoms with Crippen molar-refractivity contribution in [3.05, 3.63) is 22.7 Å². The average molecular weight is 361 g/mol. The summed E-state index contributed by atoms with van der Waals surface area (Å²) in [5.41, 5.74) is 0. The smallest absolute Gasteiger partial charge is 0.243 e. The molecule has 2 fully saturated rings. The van der Waals surface area contributed by atoms with Crippen molar-refractivity contribution in [2.75, 3.05) is 33.3 Å². The van der Waals surface area contributed by atoms with Crippen LogP contribution in [0, 0.1) is 11.8 Å². The predicted molar refractivity (Wildman–Crippen MR) is 79.3 cm³/mol. The quantitative estimate of drug-likeness (QED) is 0.882. The molecule has 2 saturated heterocycles. The molecule has 2 heterocycles. The number of halogens is 1. The molecule has 2 atom stereocenters. The molecule has 0 bridgehead atoms. The molecule has 110 valence electrons. The van der Waals surface area contributed by atoms with Crippen LogP contribution in [0.3, 0.4) is 0 Å². The number of nitrogens with zero attached hydrogens (tertiary/aromatic N) is 1. The van der Waals surface area contributed by atoms with Gasteiger partial charge in [0, 0.05) is 13.1 Å². The Bertz CT molecular complexity index is 608. The second kappa shape index (κ2) is 5.29. The SMILES string of the molecule is COc1ccc(S(=O)(=O)N2CC3CNCC3C2)cc1Br. The minimum Gasteiger partial charge on any atom is -0.496 e. The fourth-order valence-electron chi connectivity index (χ4n) is 2.97. The molecule has 2 aliphatic rings. The van der Waals surface area contributed by atoms with Crippen molar-refractivity contribution in [3.63, 3.8) is 0 Å². The van der Waals surface area contributed by atoms with E-state index < -0.39 is 10.0 Å². The molecule has 20 heavy (non-hydrogen) atoms. The standard InChI is InChI=1S/C13H17BrN2O3S/c1-19-13-3-2-11(4-12(13)14)20(17,18)16-7-9-5-15-6-10(9)8-16/h2-4,9-10,15H,5-8H2,1H3. The van der Waals surface area contributed by atoms with Crippen LogP contribution < -0.4 is 10.1 Å². The first-order valence-electron chi connectivity index (χ1n) is 6.57. The first-order valence-corrected chi connectivity index (χ1v) is 8.80. The molecule has 3 rings (SSSR count). The maximum atomic E-state index is 12.7. The topological polar surface area (TPSA) is 58.6 Å². The van der Waals surface area contributed by atoms with Gasteiger partial charge in [-0.3, -0.25) is 0 Å². The van der Waals surface area contributed by atoms with E-state index in [0.717, 1.165) is 13.1 Å². The maximum Gasteiger partial charge on any atom is 0.243 e. The number of nitrogens with one attached hydrogen (secondary N) is 1. The van der Waals surface area contributed by atoms with Gasteiger partial charge in [0.25, 0.3) is 0 Å². The van der Waals surface area contributed by atoms with Crippen LogP contribution >= 0.6 is 15.9 Å². The molecule has 1 aromatic rings. The minimum atomic E-state index is -3.41. The van der Waals surface area contributed by atoms with E-state index in [-0.39, 0.29) is 0 Å². The second-order valence-electron chi connectivity index (χ2n) is 5.30. The first-order chi connectivity index (χ1) is 9.52. The summed E-state index contributed by atoms with van der Waals surface area (Å²) in [6.07, 6.45) is 0. The van der Waals surface area contributed by atoms with Gasteiger partial charge in [0.2, 0.25) is 10.0 Å². The van der Waals surface area contributed by atoms with Crippen LogP contribution in [0.5, 0.6) is 5.75 Å². The molecule has 0 spiro atoms. The van der Waals surface area contributed by atoms with Gasteiger partial charge in [0.05, 0.1) is 16.5 Å². The molecule has 0 radical (unpaired) electrons. The zero-order valence-electron chi connectivity index (χ0n) is 11.2. The lowest BCUT2D eigenvalue weighted by molar-refractivity contribution is 0.411. The Hall–Kier alpha value is -0.630. The number of fused-ring (bicyclic) bond motifs is 1.